The normalized spacial score (nSPS) is 35.8. The summed E-state index contributed by atoms with van der Waals surface area (Å²) in [5, 5.41) is 0. The molecule has 0 aromatic carbocycles. The van der Waals surface area contributed by atoms with Crippen LogP contribution in [0.4, 0.5) is 5.82 Å². The molecular formula is C22H27N6O7P. The van der Waals surface area contributed by atoms with Crippen molar-refractivity contribution in [3.63, 3.8) is 0 Å². The summed E-state index contributed by atoms with van der Waals surface area (Å²) in [5.41, 5.74) is 6.83. The van der Waals surface area contributed by atoms with Crippen molar-refractivity contribution in [2.75, 3.05) is 18.9 Å². The molecule has 14 heteroatoms. The molecule has 0 aliphatic carbocycles. The van der Waals surface area contributed by atoms with Gasteiger partial charge in [0, 0.05) is 18.8 Å². The summed E-state index contributed by atoms with van der Waals surface area (Å²) >= 11 is 0. The zero-order valence-electron chi connectivity index (χ0n) is 20.0. The Morgan fingerprint density at radius 3 is 2.83 bits per heavy atom. The Balaban J connectivity index is 1.25. The van der Waals surface area contributed by atoms with Gasteiger partial charge >= 0.3 is 7.82 Å². The zero-order chi connectivity index (χ0) is 25.1. The average molecular weight is 518 g/mol. The van der Waals surface area contributed by atoms with Crippen LogP contribution in [-0.4, -0.2) is 61.3 Å². The van der Waals surface area contributed by atoms with Gasteiger partial charge in [0.25, 0.3) is 0 Å². The number of hydrogen-bond donors (Lipinski definition) is 1. The number of nitrogens with two attached hydrogens (primary N) is 1. The van der Waals surface area contributed by atoms with Crippen LogP contribution in [0.5, 0.6) is 0 Å². The van der Waals surface area contributed by atoms with Crippen LogP contribution in [0.2, 0.25) is 0 Å². The molecular weight excluding hydrogens is 491 g/mol. The smallest absolute Gasteiger partial charge is 0.382 e. The number of ether oxygens (including phenoxy) is 3. The highest BCUT2D eigenvalue weighted by molar-refractivity contribution is 7.48. The Labute approximate surface area is 206 Å². The maximum atomic E-state index is 13.3. The van der Waals surface area contributed by atoms with Gasteiger partial charge in [0.15, 0.2) is 23.5 Å². The first-order valence-electron chi connectivity index (χ1n) is 11.6. The molecule has 0 amide bonds. The lowest BCUT2D eigenvalue weighted by atomic mass is 9.96. The molecule has 6 rings (SSSR count). The minimum Gasteiger partial charge on any atom is -0.382 e. The molecule has 3 aliphatic heterocycles. The molecule has 6 heterocycles. The molecule has 3 saturated heterocycles. The minimum absolute atomic E-state index is 0.111. The Morgan fingerprint density at radius 2 is 2.03 bits per heavy atom. The van der Waals surface area contributed by atoms with Crippen LogP contribution in [0.3, 0.4) is 0 Å². The number of anilines is 1. The lowest BCUT2D eigenvalue weighted by molar-refractivity contribution is -0.217. The molecule has 0 saturated carbocycles. The number of rotatable bonds is 5. The molecule has 0 unspecified atom stereocenters. The summed E-state index contributed by atoms with van der Waals surface area (Å²) in [6.45, 7) is 5.66. The van der Waals surface area contributed by atoms with Gasteiger partial charge in [-0.1, -0.05) is 0 Å². The van der Waals surface area contributed by atoms with Crippen LogP contribution in [0.25, 0.3) is 11.2 Å². The second-order valence-corrected chi connectivity index (χ2v) is 11.2. The molecule has 3 aromatic rings. The van der Waals surface area contributed by atoms with E-state index in [0.29, 0.717) is 17.6 Å². The fourth-order valence-corrected chi connectivity index (χ4v) is 6.49. The summed E-state index contributed by atoms with van der Waals surface area (Å²) in [4.78, 5) is 16.7. The minimum atomic E-state index is -3.86. The van der Waals surface area contributed by atoms with Crippen molar-refractivity contribution in [1.29, 1.82) is 0 Å². The fourth-order valence-electron chi connectivity index (χ4n) is 5.10. The number of nitrogen functional groups attached to an aromatic ring is 1. The van der Waals surface area contributed by atoms with Gasteiger partial charge in [0.2, 0.25) is 0 Å². The molecule has 192 valence electrons. The largest absolute Gasteiger partial charge is 0.475 e. The van der Waals surface area contributed by atoms with Crippen LogP contribution < -0.4 is 5.73 Å². The van der Waals surface area contributed by atoms with E-state index < -0.39 is 43.8 Å². The van der Waals surface area contributed by atoms with E-state index in [-0.39, 0.29) is 19.0 Å². The average Bonchev–Trinajstić information content (AvgIpc) is 3.46. The number of phosphoric acid groups is 1. The third-order valence-corrected chi connectivity index (χ3v) is 8.05. The first-order chi connectivity index (χ1) is 17.2. The van der Waals surface area contributed by atoms with Crippen molar-refractivity contribution in [2.24, 2.45) is 0 Å². The van der Waals surface area contributed by atoms with E-state index in [0.717, 1.165) is 5.56 Å². The number of pyridine rings is 1. The van der Waals surface area contributed by atoms with Gasteiger partial charge in [0.05, 0.1) is 25.6 Å². The molecule has 13 nitrogen and oxygen atoms in total. The first-order valence-corrected chi connectivity index (χ1v) is 13.1. The summed E-state index contributed by atoms with van der Waals surface area (Å²) in [6, 6.07) is 3.63. The lowest BCUT2D eigenvalue weighted by Gasteiger charge is -2.30. The maximum Gasteiger partial charge on any atom is 0.475 e. The Kier molecular flexibility index (Phi) is 5.65. The number of aromatic nitrogens is 5. The summed E-state index contributed by atoms with van der Waals surface area (Å²) < 4.78 is 51.0. The number of nitrogens with zero attached hydrogens (tertiary/aromatic N) is 5. The maximum absolute atomic E-state index is 13.3. The van der Waals surface area contributed by atoms with E-state index >= 15 is 0 Å². The van der Waals surface area contributed by atoms with Crippen LogP contribution >= 0.6 is 7.82 Å². The number of phosphoric ester groups is 1. The Bertz CT molecular complexity index is 1320. The van der Waals surface area contributed by atoms with Crippen LogP contribution in [0, 0.1) is 0 Å². The molecule has 6 atom stereocenters. The predicted molar refractivity (Wildman–Crippen MR) is 124 cm³/mol. The Morgan fingerprint density at radius 1 is 1.22 bits per heavy atom. The Hall–Kier alpha value is -2.51. The number of fused-ring (bicyclic) bond motifs is 2. The van der Waals surface area contributed by atoms with Gasteiger partial charge in [0.1, 0.15) is 29.7 Å². The number of imidazole rings is 1. The van der Waals surface area contributed by atoms with Crippen molar-refractivity contribution in [3.05, 3.63) is 42.7 Å². The van der Waals surface area contributed by atoms with Crippen molar-refractivity contribution in [1.82, 2.24) is 24.5 Å². The first kappa shape index (κ1) is 23.9. The molecule has 3 aliphatic rings. The zero-order valence-corrected chi connectivity index (χ0v) is 20.9. The highest BCUT2D eigenvalue weighted by atomic mass is 31.2. The summed E-state index contributed by atoms with van der Waals surface area (Å²) in [6.07, 6.45) is 4.48. The van der Waals surface area contributed by atoms with E-state index in [2.05, 4.69) is 19.9 Å². The van der Waals surface area contributed by atoms with Crippen LogP contribution in [0.15, 0.2) is 37.2 Å². The molecule has 3 fully saturated rings. The van der Waals surface area contributed by atoms with Gasteiger partial charge in [-0.2, -0.15) is 0 Å². The fraction of sp³-hybridized carbons (Fsp3) is 0.545. The van der Waals surface area contributed by atoms with Gasteiger partial charge in [-0.05, 0) is 38.5 Å². The molecule has 2 N–H and O–H groups in total. The quantitative estimate of drug-likeness (QED) is 0.494. The monoisotopic (exact) mass is 518 g/mol. The van der Waals surface area contributed by atoms with E-state index in [1.165, 1.54) is 6.33 Å². The van der Waals surface area contributed by atoms with Crippen molar-refractivity contribution in [3.8, 4) is 0 Å². The van der Waals surface area contributed by atoms with Crippen molar-refractivity contribution in [2.45, 2.75) is 63.1 Å². The molecule has 3 aromatic heterocycles. The van der Waals surface area contributed by atoms with Gasteiger partial charge in [-0.3, -0.25) is 23.1 Å². The van der Waals surface area contributed by atoms with Crippen molar-refractivity contribution < 1.29 is 32.3 Å². The van der Waals surface area contributed by atoms with E-state index in [4.69, 9.17) is 33.5 Å². The molecule has 0 bridgehead atoms. The predicted octanol–water partition coefficient (Wildman–Crippen LogP) is 2.91. The van der Waals surface area contributed by atoms with E-state index in [1.807, 2.05) is 32.9 Å². The molecule has 0 spiro atoms. The second kappa shape index (κ2) is 8.52. The molecule has 0 radical (unpaired) electrons. The van der Waals surface area contributed by atoms with Crippen LogP contribution in [-0.2, 0) is 32.3 Å². The highest BCUT2D eigenvalue weighted by Gasteiger charge is 2.64. The second-order valence-electron chi connectivity index (χ2n) is 9.57. The topological polar surface area (TPSA) is 155 Å². The van der Waals surface area contributed by atoms with E-state index in [1.54, 1.807) is 23.3 Å². The summed E-state index contributed by atoms with van der Waals surface area (Å²) in [5.74, 6) is -0.630. The molecule has 36 heavy (non-hydrogen) atoms. The third-order valence-electron chi connectivity index (χ3n) is 6.57. The third kappa shape index (κ3) is 4.01. The van der Waals surface area contributed by atoms with Crippen molar-refractivity contribution >= 4 is 24.8 Å². The van der Waals surface area contributed by atoms with Gasteiger partial charge in [-0.25, -0.2) is 19.5 Å². The van der Waals surface area contributed by atoms with Gasteiger partial charge in [-0.15, -0.1) is 0 Å². The highest BCUT2D eigenvalue weighted by Crippen LogP contribution is 2.58. The summed E-state index contributed by atoms with van der Waals surface area (Å²) in [7, 11) is -3.86. The van der Waals surface area contributed by atoms with Crippen LogP contribution in [0.1, 0.15) is 45.1 Å². The number of hydrogen-bond acceptors (Lipinski definition) is 12. The van der Waals surface area contributed by atoms with Gasteiger partial charge < -0.3 is 19.9 Å². The standard InChI is InChI=1S/C22H27N6O7P/c1-21(2)33-17-15(10-31-36(29)30-9-6-14(34-36)13-4-7-24-8-5-13)32-20(22(17,3)35-21)28-12-27-16-18(23)25-11-26-19(16)28/h4-5,7-8,11-12,14-15,17,20H,6,9-10H2,1-3H3,(H2,23,25,26)/t14-,15-,17-,20-,22-,36+/m1/s1. The van der Waals surface area contributed by atoms with E-state index in [9.17, 15) is 4.57 Å². The SMILES string of the molecule is CC1(C)O[C@@H]2[C@@H](CO[P@]3(=O)OCC[C@H](c4ccncc4)O3)O[C@@H](n3cnc4c(N)ncnc43)[C@]2(C)O1. The lowest BCUT2D eigenvalue weighted by Crippen LogP contribution is -2.42.